The van der Waals surface area contributed by atoms with Crippen LogP contribution in [0, 0.1) is 5.92 Å². The number of benzene rings is 1. The molecule has 1 aromatic rings. The van der Waals surface area contributed by atoms with Crippen molar-refractivity contribution in [1.82, 2.24) is 0 Å². The minimum Gasteiger partial charge on any atom is -0.388 e. The van der Waals surface area contributed by atoms with Crippen LogP contribution in [0.4, 0.5) is 0 Å². The van der Waals surface area contributed by atoms with E-state index in [0.717, 1.165) is 11.5 Å². The summed E-state index contributed by atoms with van der Waals surface area (Å²) in [5.41, 5.74) is 6.81. The third-order valence-corrected chi connectivity index (χ3v) is 10.9. The molecule has 0 aliphatic heterocycles. The van der Waals surface area contributed by atoms with E-state index in [1.807, 2.05) is 0 Å². The summed E-state index contributed by atoms with van der Waals surface area (Å²) in [6, 6.07) is 8.84. The van der Waals surface area contributed by atoms with Gasteiger partial charge in [-0.1, -0.05) is 148 Å². The van der Waals surface area contributed by atoms with Gasteiger partial charge in [-0.25, -0.2) is 0 Å². The molecule has 2 nitrogen and oxygen atoms in total. The molecule has 0 saturated heterocycles. The highest BCUT2D eigenvalue weighted by Crippen LogP contribution is 2.51. The maximum atomic E-state index is 10.7. The van der Waals surface area contributed by atoms with E-state index in [4.69, 9.17) is 5.73 Å². The number of thioether (sulfide) groups is 1. The SMILES string of the molecule is CCCCCCCCCCC(CCCCCCCCCC)(Sc1cccc(C(O)CCN)c1)C1CCCCC1. The molecule has 39 heavy (non-hydrogen) atoms. The largest absolute Gasteiger partial charge is 0.388 e. The van der Waals surface area contributed by atoms with Crippen LogP contribution < -0.4 is 5.73 Å². The summed E-state index contributed by atoms with van der Waals surface area (Å²) in [6.07, 6.45) is 32.4. The first-order chi connectivity index (χ1) is 19.1. The van der Waals surface area contributed by atoms with E-state index in [9.17, 15) is 5.11 Å². The van der Waals surface area contributed by atoms with Crippen LogP contribution in [0.15, 0.2) is 29.2 Å². The average Bonchev–Trinajstić information content (AvgIpc) is 2.96. The van der Waals surface area contributed by atoms with Crippen molar-refractivity contribution in [2.45, 2.75) is 184 Å². The Morgan fingerprint density at radius 2 is 1.28 bits per heavy atom. The molecule has 0 bridgehead atoms. The van der Waals surface area contributed by atoms with Gasteiger partial charge < -0.3 is 10.8 Å². The van der Waals surface area contributed by atoms with Crippen molar-refractivity contribution < 1.29 is 5.11 Å². The van der Waals surface area contributed by atoms with Gasteiger partial charge in [0.15, 0.2) is 0 Å². The second-order valence-electron chi connectivity index (χ2n) is 12.6. The highest BCUT2D eigenvalue weighted by Gasteiger charge is 2.39. The van der Waals surface area contributed by atoms with Crippen molar-refractivity contribution in [3.63, 3.8) is 0 Å². The first kappa shape index (κ1) is 34.7. The second kappa shape index (κ2) is 22.1. The van der Waals surface area contributed by atoms with Gasteiger partial charge in [0, 0.05) is 9.64 Å². The quantitative estimate of drug-likeness (QED) is 0.0977. The predicted molar refractivity (Wildman–Crippen MR) is 175 cm³/mol. The standard InChI is InChI=1S/C36H65NOS/c1-3-5-7-9-11-13-15-20-28-36(33-24-18-17-19-25-33,29-21-16-14-12-10-8-6-4-2)39-34-26-22-23-32(31-34)35(38)27-30-37/h22-23,26,31,33,35,38H,3-21,24-25,27-30,37H2,1-2H3. The lowest BCUT2D eigenvalue weighted by atomic mass is 9.74. The van der Waals surface area contributed by atoms with Crippen LogP contribution >= 0.6 is 11.8 Å². The van der Waals surface area contributed by atoms with Gasteiger partial charge in [0.25, 0.3) is 0 Å². The van der Waals surface area contributed by atoms with Crippen molar-refractivity contribution in [1.29, 1.82) is 0 Å². The molecule has 1 aliphatic carbocycles. The van der Waals surface area contributed by atoms with Crippen molar-refractivity contribution in [2.75, 3.05) is 6.54 Å². The van der Waals surface area contributed by atoms with E-state index in [1.54, 1.807) is 0 Å². The number of aliphatic hydroxyl groups excluding tert-OH is 1. The highest BCUT2D eigenvalue weighted by atomic mass is 32.2. The van der Waals surface area contributed by atoms with E-state index in [-0.39, 0.29) is 0 Å². The molecule has 3 N–H and O–H groups in total. The molecule has 1 atom stereocenters. The normalized spacial score (nSPS) is 15.6. The molecule has 1 fully saturated rings. The molecule has 226 valence electrons. The summed E-state index contributed by atoms with van der Waals surface area (Å²) in [4.78, 5) is 1.37. The predicted octanol–water partition coefficient (Wildman–Crippen LogP) is 11.5. The third kappa shape index (κ3) is 14.3. The zero-order chi connectivity index (χ0) is 28.0. The van der Waals surface area contributed by atoms with Gasteiger partial charge in [0.2, 0.25) is 0 Å². The number of hydrogen-bond donors (Lipinski definition) is 2. The molecule has 0 spiro atoms. The van der Waals surface area contributed by atoms with Crippen molar-refractivity contribution in [3.05, 3.63) is 29.8 Å². The van der Waals surface area contributed by atoms with Crippen molar-refractivity contribution in [3.8, 4) is 0 Å². The Morgan fingerprint density at radius 3 is 1.79 bits per heavy atom. The summed E-state index contributed by atoms with van der Waals surface area (Å²) < 4.78 is 0.349. The van der Waals surface area contributed by atoms with Gasteiger partial charge in [0.05, 0.1) is 6.10 Å². The van der Waals surface area contributed by atoms with E-state index in [0.29, 0.717) is 17.7 Å². The highest BCUT2D eigenvalue weighted by molar-refractivity contribution is 8.00. The number of rotatable bonds is 24. The summed E-state index contributed by atoms with van der Waals surface area (Å²) in [6.45, 7) is 5.15. The number of aliphatic hydroxyl groups is 1. The zero-order valence-electron chi connectivity index (χ0n) is 26.1. The Hall–Kier alpha value is -0.510. The minimum atomic E-state index is -0.444. The molecule has 1 unspecified atom stereocenters. The molecule has 0 heterocycles. The van der Waals surface area contributed by atoms with E-state index in [1.165, 1.54) is 153 Å². The number of unbranched alkanes of at least 4 members (excludes halogenated alkanes) is 14. The van der Waals surface area contributed by atoms with E-state index in [2.05, 4.69) is 49.9 Å². The van der Waals surface area contributed by atoms with Crippen LogP contribution in [0.3, 0.4) is 0 Å². The number of nitrogens with two attached hydrogens (primary N) is 1. The van der Waals surface area contributed by atoms with Crippen LogP contribution in [-0.4, -0.2) is 16.4 Å². The van der Waals surface area contributed by atoms with E-state index < -0.39 is 6.10 Å². The molecule has 3 heteroatoms. The first-order valence-corrected chi connectivity index (χ1v) is 18.1. The zero-order valence-corrected chi connectivity index (χ0v) is 26.9. The summed E-state index contributed by atoms with van der Waals surface area (Å²) in [7, 11) is 0. The van der Waals surface area contributed by atoms with Gasteiger partial charge in [0.1, 0.15) is 0 Å². The van der Waals surface area contributed by atoms with Crippen LogP contribution in [0.2, 0.25) is 0 Å². The van der Waals surface area contributed by atoms with Gasteiger partial charge in [-0.2, -0.15) is 0 Å². The maximum absolute atomic E-state index is 10.7. The van der Waals surface area contributed by atoms with Gasteiger partial charge in [-0.15, -0.1) is 11.8 Å². The lowest BCUT2D eigenvalue weighted by Gasteiger charge is -2.43. The van der Waals surface area contributed by atoms with Crippen LogP contribution in [-0.2, 0) is 0 Å². The fraction of sp³-hybridized carbons (Fsp3) is 0.833. The van der Waals surface area contributed by atoms with Crippen molar-refractivity contribution >= 4 is 11.8 Å². The Kier molecular flexibility index (Phi) is 19.7. The smallest absolute Gasteiger partial charge is 0.0802 e. The fourth-order valence-corrected chi connectivity index (χ4v) is 8.51. The topological polar surface area (TPSA) is 46.2 Å². The van der Waals surface area contributed by atoms with Crippen molar-refractivity contribution in [2.24, 2.45) is 11.7 Å². The molecular formula is C36H65NOS. The number of hydrogen-bond acceptors (Lipinski definition) is 3. The van der Waals surface area contributed by atoms with Gasteiger partial charge in [-0.3, -0.25) is 0 Å². The summed E-state index contributed by atoms with van der Waals surface area (Å²) in [5.74, 6) is 0.836. The summed E-state index contributed by atoms with van der Waals surface area (Å²) >= 11 is 2.20. The average molecular weight is 560 g/mol. The third-order valence-electron chi connectivity index (χ3n) is 9.26. The molecule has 1 aromatic carbocycles. The fourth-order valence-electron chi connectivity index (χ4n) is 6.81. The molecule has 0 radical (unpaired) electrons. The Balaban J connectivity index is 2.09. The molecule has 2 rings (SSSR count). The lowest BCUT2D eigenvalue weighted by Crippen LogP contribution is -2.36. The van der Waals surface area contributed by atoms with Crippen LogP contribution in [0.25, 0.3) is 0 Å². The lowest BCUT2D eigenvalue weighted by molar-refractivity contribution is 0.170. The second-order valence-corrected chi connectivity index (χ2v) is 14.1. The van der Waals surface area contributed by atoms with E-state index >= 15 is 0 Å². The van der Waals surface area contributed by atoms with Gasteiger partial charge >= 0.3 is 0 Å². The Morgan fingerprint density at radius 1 is 0.769 bits per heavy atom. The Labute approximate surface area is 248 Å². The van der Waals surface area contributed by atoms with Gasteiger partial charge in [-0.05, 0) is 62.3 Å². The van der Waals surface area contributed by atoms with Crippen LogP contribution in [0.1, 0.15) is 180 Å². The maximum Gasteiger partial charge on any atom is 0.0802 e. The summed E-state index contributed by atoms with van der Waals surface area (Å²) in [5, 5.41) is 10.7. The Bertz CT molecular complexity index is 681. The molecule has 1 aliphatic rings. The molecule has 0 aromatic heterocycles. The molecule has 0 amide bonds. The molecule has 1 saturated carbocycles. The molecular weight excluding hydrogens is 494 g/mol. The minimum absolute atomic E-state index is 0.349. The monoisotopic (exact) mass is 559 g/mol. The van der Waals surface area contributed by atoms with Crippen LogP contribution in [0.5, 0.6) is 0 Å². The first-order valence-electron chi connectivity index (χ1n) is 17.3.